The van der Waals surface area contributed by atoms with Gasteiger partial charge in [-0.3, -0.25) is 0 Å². The Kier molecular flexibility index (Phi) is 92.4. The minimum absolute atomic E-state index is 1.06. The van der Waals surface area contributed by atoms with Gasteiger partial charge >= 0.3 is 21.0 Å². The van der Waals surface area contributed by atoms with E-state index in [1.807, 2.05) is 0 Å². The fourth-order valence-electron chi connectivity index (χ4n) is 0. The molecule has 0 aliphatic rings. The topological polar surface area (TPSA) is 97.3 Å². The van der Waals surface area contributed by atoms with Crippen molar-refractivity contribution in [1.29, 1.82) is 0 Å². The van der Waals surface area contributed by atoms with Crippen molar-refractivity contribution in [1.82, 2.24) is 0 Å². The molecule has 0 bridgehead atoms. The standard InChI is InChI=1S/2H3O2P.O.V/c2*1-3-2;;/h2*3H2,(H,1,2);;/q;;;+2/p-2. The third-order valence-corrected chi connectivity index (χ3v) is 0. The summed E-state index contributed by atoms with van der Waals surface area (Å²) in [6, 6.07) is 0. The Hall–Kier alpha value is 0.764. The van der Waals surface area contributed by atoms with Crippen LogP contribution in [0.25, 0.3) is 0 Å². The third kappa shape index (κ3) is 385. The molecule has 0 saturated heterocycles. The number of rotatable bonds is 0. The van der Waals surface area contributed by atoms with E-state index >= 15 is 0 Å². The molecular formula is H4O5P2V. The molecule has 2 unspecified atom stereocenters. The van der Waals surface area contributed by atoms with Gasteiger partial charge in [0.05, 0.1) is 0 Å². The normalized spacial score (nSPS) is 8.00. The van der Waals surface area contributed by atoms with Crippen LogP contribution in [0.3, 0.4) is 0 Å². The van der Waals surface area contributed by atoms with E-state index in [1.54, 1.807) is 0 Å². The van der Waals surface area contributed by atoms with Gasteiger partial charge in [0.1, 0.15) is 0 Å². The first-order valence-electron chi connectivity index (χ1n) is 1.13. The van der Waals surface area contributed by atoms with Gasteiger partial charge in [0.15, 0.2) is 0 Å². The molecule has 49 valence electrons. The average Bonchev–Trinajstić information content (AvgIpc) is 1.75. The Morgan fingerprint density at radius 1 is 1.00 bits per heavy atom. The van der Waals surface area contributed by atoms with Crippen molar-refractivity contribution in [2.75, 3.05) is 0 Å². The molecule has 0 amide bonds. The van der Waals surface area contributed by atoms with Gasteiger partial charge in [-0.05, 0) is 17.4 Å². The molecule has 0 aromatic rings. The molecule has 8 heteroatoms. The predicted octanol–water partition coefficient (Wildman–Crippen LogP) is -2.09. The molecule has 0 aromatic heterocycles. The SMILES string of the molecule is O=[PH2][O-].O=[PH2][O-].[O]=[V+2]. The molecule has 8 heavy (non-hydrogen) atoms. The third-order valence-electron chi connectivity index (χ3n) is 0. The second kappa shape index (κ2) is 46.5. The Balaban J connectivity index is -0.0000000483. The van der Waals surface area contributed by atoms with Gasteiger partial charge in [-0.25, -0.2) is 0 Å². The molecule has 0 aromatic carbocycles. The molecule has 2 atom stereocenters. The van der Waals surface area contributed by atoms with E-state index in [9.17, 15) is 0 Å². The van der Waals surface area contributed by atoms with Crippen LogP contribution in [-0.2, 0) is 30.2 Å². The Bertz CT molecular complexity index is 39.7. The van der Waals surface area contributed by atoms with Gasteiger partial charge < -0.3 is 18.9 Å². The van der Waals surface area contributed by atoms with E-state index in [2.05, 4.69) is 0 Å². The number of hydrogen-bond donors (Lipinski definition) is 0. The van der Waals surface area contributed by atoms with E-state index in [4.69, 9.17) is 22.6 Å². The molecule has 0 rings (SSSR count). The summed E-state index contributed by atoms with van der Waals surface area (Å²) in [5, 5.41) is 0. The van der Waals surface area contributed by atoms with Crippen LogP contribution in [0, 0.1) is 0 Å². The van der Waals surface area contributed by atoms with Gasteiger partial charge in [-0.15, -0.1) is 0 Å². The van der Waals surface area contributed by atoms with Gasteiger partial charge in [0.2, 0.25) is 0 Å². The summed E-state index contributed by atoms with van der Waals surface area (Å²) in [5.74, 6) is 0. The van der Waals surface area contributed by atoms with Gasteiger partial charge in [-0.2, -0.15) is 0 Å². The molecular weight excluding hydrogens is 193 g/mol. The fourth-order valence-corrected chi connectivity index (χ4v) is 0. The van der Waals surface area contributed by atoms with E-state index in [-0.39, 0.29) is 0 Å². The summed E-state index contributed by atoms with van der Waals surface area (Å²) in [6.07, 6.45) is 0. The molecule has 0 radical (unpaired) electrons. The monoisotopic (exact) mass is 197 g/mol. The van der Waals surface area contributed by atoms with Crippen molar-refractivity contribution in [2.45, 2.75) is 0 Å². The first kappa shape index (κ1) is 15.9. The van der Waals surface area contributed by atoms with Crippen molar-refractivity contribution < 1.29 is 40.0 Å². The van der Waals surface area contributed by atoms with Crippen molar-refractivity contribution in [3.8, 4) is 0 Å². The van der Waals surface area contributed by atoms with Crippen molar-refractivity contribution in [3.05, 3.63) is 0 Å². The van der Waals surface area contributed by atoms with Crippen LogP contribution in [0.4, 0.5) is 0 Å². The molecule has 0 saturated carbocycles. The quantitative estimate of drug-likeness (QED) is 0.415. The van der Waals surface area contributed by atoms with E-state index < -0.39 is 17.4 Å². The van der Waals surface area contributed by atoms with E-state index in [0.717, 1.165) is 17.4 Å². The second-order valence-electron chi connectivity index (χ2n) is 0.192. The zero-order chi connectivity index (χ0) is 7.41. The van der Waals surface area contributed by atoms with Crippen LogP contribution in [0.2, 0.25) is 0 Å². The van der Waals surface area contributed by atoms with Crippen LogP contribution in [0.1, 0.15) is 0 Å². The molecule has 0 aliphatic heterocycles. The summed E-state index contributed by atoms with van der Waals surface area (Å²) >= 11 is 1.06. The van der Waals surface area contributed by atoms with Crippen LogP contribution in [-0.4, -0.2) is 0 Å². The minimum atomic E-state index is -1.75. The van der Waals surface area contributed by atoms with Crippen LogP contribution < -0.4 is 9.79 Å². The van der Waals surface area contributed by atoms with Gasteiger partial charge in [0, 0.05) is 0 Å². The maximum absolute atomic E-state index is 8.46. The summed E-state index contributed by atoms with van der Waals surface area (Å²) in [6.45, 7) is 0. The summed E-state index contributed by atoms with van der Waals surface area (Å²) < 4.78 is 25.1. The van der Waals surface area contributed by atoms with Crippen LogP contribution in [0.5, 0.6) is 0 Å². The fraction of sp³-hybridized carbons (Fsp3) is 0. The van der Waals surface area contributed by atoms with Gasteiger partial charge in [0.25, 0.3) is 0 Å². The van der Waals surface area contributed by atoms with Crippen LogP contribution >= 0.6 is 17.4 Å². The molecule has 5 nitrogen and oxygen atoms in total. The second-order valence-corrected chi connectivity index (χ2v) is 0.577. The molecule has 0 N–H and O–H groups in total. The van der Waals surface area contributed by atoms with Crippen molar-refractivity contribution in [2.24, 2.45) is 0 Å². The Morgan fingerprint density at radius 3 is 1.00 bits per heavy atom. The van der Waals surface area contributed by atoms with Crippen molar-refractivity contribution >= 4 is 17.4 Å². The molecule has 0 aliphatic carbocycles. The Labute approximate surface area is 57.9 Å². The zero-order valence-corrected chi connectivity index (χ0v) is 7.35. The molecule has 0 fully saturated rings. The van der Waals surface area contributed by atoms with Crippen molar-refractivity contribution in [3.63, 3.8) is 0 Å². The summed E-state index contributed by atoms with van der Waals surface area (Å²) in [5.41, 5.74) is 0. The van der Waals surface area contributed by atoms with E-state index in [1.165, 1.54) is 0 Å². The van der Waals surface area contributed by atoms with E-state index in [0.29, 0.717) is 0 Å². The predicted molar refractivity (Wildman–Crippen MR) is 21.5 cm³/mol. The van der Waals surface area contributed by atoms with Crippen LogP contribution in [0.15, 0.2) is 0 Å². The average molecular weight is 197 g/mol. The molecule has 0 spiro atoms. The first-order valence-corrected chi connectivity index (χ1v) is 3.58. The van der Waals surface area contributed by atoms with Gasteiger partial charge in [-0.1, -0.05) is 0 Å². The number of hydrogen-bond acceptors (Lipinski definition) is 5. The summed E-state index contributed by atoms with van der Waals surface area (Å²) in [4.78, 5) is 16.9. The zero-order valence-electron chi connectivity index (χ0n) is 3.64. The molecule has 0 heterocycles. The summed E-state index contributed by atoms with van der Waals surface area (Å²) in [7, 11) is -3.50. The Morgan fingerprint density at radius 2 is 1.00 bits per heavy atom. The maximum atomic E-state index is 8.46. The first-order chi connectivity index (χ1) is 3.83.